The van der Waals surface area contributed by atoms with Gasteiger partial charge in [-0.2, -0.15) is 5.10 Å². The lowest BCUT2D eigenvalue weighted by molar-refractivity contribution is -0.115. The summed E-state index contributed by atoms with van der Waals surface area (Å²) >= 11 is 0. The van der Waals surface area contributed by atoms with Gasteiger partial charge in [0.05, 0.1) is 12.1 Å². The molecule has 0 aliphatic carbocycles. The molecule has 0 bridgehead atoms. The summed E-state index contributed by atoms with van der Waals surface area (Å²) in [7, 11) is 1.88. The van der Waals surface area contributed by atoms with E-state index >= 15 is 0 Å². The van der Waals surface area contributed by atoms with Crippen LogP contribution in [0, 0.1) is 27.7 Å². The summed E-state index contributed by atoms with van der Waals surface area (Å²) in [5, 5.41) is 7.28. The van der Waals surface area contributed by atoms with Crippen LogP contribution in [-0.4, -0.2) is 20.7 Å². The number of hydrogen-bond acceptors (Lipinski definition) is 4. The molecule has 2 heterocycles. The van der Waals surface area contributed by atoms with E-state index in [0.29, 0.717) is 11.6 Å². The van der Waals surface area contributed by atoms with Gasteiger partial charge in [-0.05, 0) is 57.0 Å². The number of nitrogens with zero attached hydrogens (tertiary/aromatic N) is 3. The number of pyridine rings is 1. The molecule has 6 nitrogen and oxygen atoms in total. The van der Waals surface area contributed by atoms with Crippen molar-refractivity contribution in [2.45, 2.75) is 34.1 Å². The fourth-order valence-corrected chi connectivity index (χ4v) is 2.93. The van der Waals surface area contributed by atoms with Crippen LogP contribution in [0.3, 0.4) is 0 Å². The third-order valence-corrected chi connectivity index (χ3v) is 4.80. The number of benzene rings is 1. The smallest absolute Gasteiger partial charge is 0.243 e. The monoisotopic (exact) mass is 364 g/mol. The number of carbonyl (C=O) groups excluding carboxylic acids is 1. The first-order valence-electron chi connectivity index (χ1n) is 8.85. The summed E-state index contributed by atoms with van der Waals surface area (Å²) in [6.07, 6.45) is 1.90. The molecule has 0 atom stereocenters. The van der Waals surface area contributed by atoms with Crippen molar-refractivity contribution >= 4 is 11.6 Å². The highest BCUT2D eigenvalue weighted by molar-refractivity contribution is 5.93. The minimum atomic E-state index is -0.131. The zero-order valence-electron chi connectivity index (χ0n) is 16.3. The Morgan fingerprint density at radius 2 is 1.93 bits per heavy atom. The normalized spacial score (nSPS) is 10.7. The first-order chi connectivity index (χ1) is 12.9. The molecule has 1 N–H and O–H groups in total. The molecule has 0 saturated carbocycles. The molecule has 0 fully saturated rings. The SMILES string of the molecule is Cc1cccc(Oc2ncccc2NC(=O)Cc2c(C)nn(C)c2C)c1C. The van der Waals surface area contributed by atoms with Crippen LogP contribution in [0.2, 0.25) is 0 Å². The number of ether oxygens (including phenoxy) is 1. The second-order valence-electron chi connectivity index (χ2n) is 6.65. The molecule has 1 aromatic carbocycles. The van der Waals surface area contributed by atoms with Gasteiger partial charge in [-0.25, -0.2) is 4.98 Å². The number of nitrogens with one attached hydrogen (secondary N) is 1. The number of carbonyl (C=O) groups is 1. The van der Waals surface area contributed by atoms with E-state index in [-0.39, 0.29) is 12.3 Å². The van der Waals surface area contributed by atoms with E-state index in [0.717, 1.165) is 33.8 Å². The highest BCUT2D eigenvalue weighted by Gasteiger charge is 2.16. The standard InChI is InChI=1S/C21H24N4O2/c1-13-8-6-10-19(14(13)2)27-21-18(9-7-11-22-21)23-20(26)12-17-15(3)24-25(5)16(17)4/h6-11H,12H2,1-5H3,(H,23,26). The van der Waals surface area contributed by atoms with Gasteiger partial charge in [-0.3, -0.25) is 9.48 Å². The van der Waals surface area contributed by atoms with Crippen LogP contribution in [-0.2, 0) is 18.3 Å². The average Bonchev–Trinajstić information content (AvgIpc) is 2.87. The average molecular weight is 364 g/mol. The summed E-state index contributed by atoms with van der Waals surface area (Å²) in [4.78, 5) is 16.9. The summed E-state index contributed by atoms with van der Waals surface area (Å²) in [5.74, 6) is 0.968. The molecule has 3 aromatic rings. The molecule has 2 aromatic heterocycles. The zero-order chi connectivity index (χ0) is 19.6. The quantitative estimate of drug-likeness (QED) is 0.742. The van der Waals surface area contributed by atoms with Crippen molar-refractivity contribution < 1.29 is 9.53 Å². The van der Waals surface area contributed by atoms with Gasteiger partial charge in [0, 0.05) is 24.5 Å². The fraction of sp³-hybridized carbons (Fsp3) is 0.286. The summed E-state index contributed by atoms with van der Waals surface area (Å²) in [5.41, 5.74) is 5.51. The maximum absolute atomic E-state index is 12.6. The van der Waals surface area contributed by atoms with E-state index in [4.69, 9.17) is 4.74 Å². The maximum Gasteiger partial charge on any atom is 0.243 e. The van der Waals surface area contributed by atoms with Crippen LogP contribution >= 0.6 is 0 Å². The largest absolute Gasteiger partial charge is 0.437 e. The van der Waals surface area contributed by atoms with Crippen LogP contribution in [0.25, 0.3) is 0 Å². The van der Waals surface area contributed by atoms with E-state index in [1.54, 1.807) is 23.0 Å². The van der Waals surface area contributed by atoms with Crippen molar-refractivity contribution in [3.05, 3.63) is 64.6 Å². The first-order valence-corrected chi connectivity index (χ1v) is 8.85. The van der Waals surface area contributed by atoms with Gasteiger partial charge < -0.3 is 10.1 Å². The van der Waals surface area contributed by atoms with Gasteiger partial charge in [0.15, 0.2) is 0 Å². The Kier molecular flexibility index (Phi) is 5.26. The topological polar surface area (TPSA) is 69.0 Å². The van der Waals surface area contributed by atoms with E-state index in [1.807, 2.05) is 52.9 Å². The minimum absolute atomic E-state index is 0.131. The number of anilines is 1. The van der Waals surface area contributed by atoms with Crippen LogP contribution in [0.15, 0.2) is 36.5 Å². The third kappa shape index (κ3) is 4.00. The predicted octanol–water partition coefficient (Wildman–Crippen LogP) is 4.02. The second kappa shape index (κ2) is 7.61. The van der Waals surface area contributed by atoms with Crippen molar-refractivity contribution in [2.75, 3.05) is 5.32 Å². The van der Waals surface area contributed by atoms with E-state index < -0.39 is 0 Å². The Balaban J connectivity index is 1.80. The predicted molar refractivity (Wildman–Crippen MR) is 105 cm³/mol. The van der Waals surface area contributed by atoms with Gasteiger partial charge in [0.1, 0.15) is 11.4 Å². The molecule has 27 heavy (non-hydrogen) atoms. The molecule has 0 radical (unpaired) electrons. The zero-order valence-corrected chi connectivity index (χ0v) is 16.3. The summed E-state index contributed by atoms with van der Waals surface area (Å²) in [6, 6.07) is 9.42. The van der Waals surface area contributed by atoms with Crippen molar-refractivity contribution in [3.8, 4) is 11.6 Å². The molecule has 1 amide bonds. The van der Waals surface area contributed by atoms with Crippen molar-refractivity contribution in [2.24, 2.45) is 7.05 Å². The van der Waals surface area contributed by atoms with Gasteiger partial charge in [-0.15, -0.1) is 0 Å². The molecular formula is C21H24N4O2. The van der Waals surface area contributed by atoms with Crippen LogP contribution in [0.4, 0.5) is 5.69 Å². The Bertz CT molecular complexity index is 992. The van der Waals surface area contributed by atoms with Crippen molar-refractivity contribution in [1.29, 1.82) is 0 Å². The summed E-state index contributed by atoms with van der Waals surface area (Å²) < 4.78 is 7.77. The molecule has 0 saturated heterocycles. The summed E-state index contributed by atoms with van der Waals surface area (Å²) in [6.45, 7) is 7.90. The molecule has 3 rings (SSSR count). The van der Waals surface area contributed by atoms with Crippen molar-refractivity contribution in [3.63, 3.8) is 0 Å². The Hall–Kier alpha value is -3.15. The minimum Gasteiger partial charge on any atom is -0.437 e. The third-order valence-electron chi connectivity index (χ3n) is 4.80. The highest BCUT2D eigenvalue weighted by Crippen LogP contribution is 2.30. The lowest BCUT2D eigenvalue weighted by Gasteiger charge is -2.13. The van der Waals surface area contributed by atoms with Gasteiger partial charge in [0.2, 0.25) is 11.8 Å². The molecular weight excluding hydrogens is 340 g/mol. The molecule has 0 unspecified atom stereocenters. The molecule has 6 heteroatoms. The second-order valence-corrected chi connectivity index (χ2v) is 6.65. The van der Waals surface area contributed by atoms with Crippen molar-refractivity contribution in [1.82, 2.24) is 14.8 Å². The Morgan fingerprint density at radius 1 is 1.15 bits per heavy atom. The number of amides is 1. The van der Waals surface area contributed by atoms with Gasteiger partial charge in [-0.1, -0.05) is 12.1 Å². The van der Waals surface area contributed by atoms with Crippen LogP contribution in [0.5, 0.6) is 11.6 Å². The number of aromatic nitrogens is 3. The van der Waals surface area contributed by atoms with Gasteiger partial charge in [0.25, 0.3) is 0 Å². The first kappa shape index (κ1) is 18.6. The molecule has 0 spiro atoms. The maximum atomic E-state index is 12.6. The number of aryl methyl sites for hydroxylation is 3. The van der Waals surface area contributed by atoms with Gasteiger partial charge >= 0.3 is 0 Å². The van der Waals surface area contributed by atoms with E-state index in [2.05, 4.69) is 15.4 Å². The molecule has 140 valence electrons. The Labute approximate surface area is 159 Å². The fourth-order valence-electron chi connectivity index (χ4n) is 2.93. The van der Waals surface area contributed by atoms with Crippen LogP contribution < -0.4 is 10.1 Å². The molecule has 0 aliphatic heterocycles. The number of hydrogen-bond donors (Lipinski definition) is 1. The Morgan fingerprint density at radius 3 is 2.63 bits per heavy atom. The number of rotatable bonds is 5. The van der Waals surface area contributed by atoms with Crippen LogP contribution in [0.1, 0.15) is 28.1 Å². The lowest BCUT2D eigenvalue weighted by atomic mass is 10.1. The molecule has 0 aliphatic rings. The lowest BCUT2D eigenvalue weighted by Crippen LogP contribution is -2.16. The van der Waals surface area contributed by atoms with E-state index in [9.17, 15) is 4.79 Å². The highest BCUT2D eigenvalue weighted by atomic mass is 16.5. The van der Waals surface area contributed by atoms with E-state index in [1.165, 1.54) is 0 Å².